The molecule has 0 saturated heterocycles. The molecule has 2 aromatic carbocycles. The van der Waals surface area contributed by atoms with E-state index in [0.29, 0.717) is 0 Å². The van der Waals surface area contributed by atoms with Crippen LogP contribution in [0.5, 0.6) is 0 Å². The zero-order chi connectivity index (χ0) is 14.4. The SMILES string of the molecule is CCOP(=O)(O)OC(c1ccccc1)c1ccccc1. The van der Waals surface area contributed by atoms with Gasteiger partial charge in [0.15, 0.2) is 0 Å². The van der Waals surface area contributed by atoms with Crippen LogP contribution in [0.2, 0.25) is 0 Å². The zero-order valence-corrected chi connectivity index (χ0v) is 12.1. The summed E-state index contributed by atoms with van der Waals surface area (Å²) in [6, 6.07) is 18.6. The summed E-state index contributed by atoms with van der Waals surface area (Å²) in [5.74, 6) is 0. The molecular weight excluding hydrogens is 275 g/mol. The van der Waals surface area contributed by atoms with Gasteiger partial charge in [0.1, 0.15) is 6.10 Å². The standard InChI is InChI=1S/C15H17O4P/c1-2-18-20(16,17)19-15(13-9-5-3-6-10-13)14-11-7-4-8-12-14/h3-12,15H,2H2,1H3,(H,16,17). The molecule has 0 aliphatic rings. The van der Waals surface area contributed by atoms with Crippen LogP contribution in [0.1, 0.15) is 24.2 Å². The monoisotopic (exact) mass is 292 g/mol. The van der Waals surface area contributed by atoms with Crippen molar-refractivity contribution in [1.29, 1.82) is 0 Å². The first-order valence-corrected chi connectivity index (χ1v) is 7.87. The van der Waals surface area contributed by atoms with Crippen molar-refractivity contribution in [1.82, 2.24) is 0 Å². The summed E-state index contributed by atoms with van der Waals surface area (Å²) in [6.45, 7) is 1.76. The Hall–Kier alpha value is -1.45. The van der Waals surface area contributed by atoms with Crippen LogP contribution in [0.25, 0.3) is 0 Å². The van der Waals surface area contributed by atoms with Crippen LogP contribution in [-0.2, 0) is 13.6 Å². The topological polar surface area (TPSA) is 55.8 Å². The molecule has 0 heterocycles. The maximum atomic E-state index is 11.9. The lowest BCUT2D eigenvalue weighted by molar-refractivity contribution is 0.126. The molecule has 1 unspecified atom stereocenters. The van der Waals surface area contributed by atoms with Gasteiger partial charge in [-0.15, -0.1) is 0 Å². The molecule has 20 heavy (non-hydrogen) atoms. The largest absolute Gasteiger partial charge is 0.473 e. The Labute approximate surface area is 118 Å². The van der Waals surface area contributed by atoms with Gasteiger partial charge in [0, 0.05) is 0 Å². The third kappa shape index (κ3) is 4.02. The van der Waals surface area contributed by atoms with Crippen LogP contribution in [0, 0.1) is 0 Å². The molecule has 0 fully saturated rings. The van der Waals surface area contributed by atoms with Gasteiger partial charge in [-0.05, 0) is 18.1 Å². The molecule has 1 atom stereocenters. The molecule has 5 heteroatoms. The van der Waals surface area contributed by atoms with Gasteiger partial charge in [-0.1, -0.05) is 60.7 Å². The van der Waals surface area contributed by atoms with E-state index in [2.05, 4.69) is 0 Å². The van der Waals surface area contributed by atoms with Gasteiger partial charge in [0.05, 0.1) is 6.61 Å². The third-order valence-corrected chi connectivity index (χ3v) is 3.80. The van der Waals surface area contributed by atoms with Crippen molar-refractivity contribution in [3.63, 3.8) is 0 Å². The second-order valence-corrected chi connectivity index (χ2v) is 5.60. The highest BCUT2D eigenvalue weighted by atomic mass is 31.2. The van der Waals surface area contributed by atoms with E-state index in [1.165, 1.54) is 0 Å². The van der Waals surface area contributed by atoms with Crippen molar-refractivity contribution in [2.24, 2.45) is 0 Å². The Morgan fingerprint density at radius 1 is 1.00 bits per heavy atom. The molecule has 0 aromatic heterocycles. The predicted molar refractivity (Wildman–Crippen MR) is 77.3 cm³/mol. The molecule has 2 rings (SSSR count). The van der Waals surface area contributed by atoms with Crippen molar-refractivity contribution in [3.8, 4) is 0 Å². The Bertz CT molecular complexity index is 531. The molecule has 2 aromatic rings. The van der Waals surface area contributed by atoms with E-state index in [9.17, 15) is 9.46 Å². The molecule has 0 saturated carbocycles. The summed E-state index contributed by atoms with van der Waals surface area (Å²) in [5, 5.41) is 0. The normalized spacial score (nSPS) is 14.2. The van der Waals surface area contributed by atoms with Crippen LogP contribution < -0.4 is 0 Å². The maximum Gasteiger partial charge on any atom is 0.473 e. The van der Waals surface area contributed by atoms with Crippen LogP contribution in [0.4, 0.5) is 0 Å². The predicted octanol–water partition coefficient (Wildman–Crippen LogP) is 3.93. The second-order valence-electron chi connectivity index (χ2n) is 4.19. The fourth-order valence-electron chi connectivity index (χ4n) is 1.90. The minimum Gasteiger partial charge on any atom is -0.302 e. The van der Waals surface area contributed by atoms with Crippen molar-refractivity contribution < 1.29 is 18.5 Å². The van der Waals surface area contributed by atoms with E-state index < -0.39 is 13.9 Å². The molecule has 0 aliphatic carbocycles. The van der Waals surface area contributed by atoms with Crippen molar-refractivity contribution in [2.75, 3.05) is 6.61 Å². The highest BCUT2D eigenvalue weighted by Gasteiger charge is 2.28. The summed E-state index contributed by atoms with van der Waals surface area (Å²) in [5.41, 5.74) is 1.60. The molecule has 0 aliphatic heterocycles. The summed E-state index contributed by atoms with van der Waals surface area (Å²) >= 11 is 0. The number of phosphoric acid groups is 1. The Balaban J connectivity index is 2.33. The average Bonchev–Trinajstić information content (AvgIpc) is 2.47. The molecule has 106 valence electrons. The smallest absolute Gasteiger partial charge is 0.302 e. The molecule has 4 nitrogen and oxygen atoms in total. The molecular formula is C15H17O4P. The molecule has 0 spiro atoms. The molecule has 0 radical (unpaired) electrons. The zero-order valence-electron chi connectivity index (χ0n) is 11.2. The quantitative estimate of drug-likeness (QED) is 0.820. The van der Waals surface area contributed by atoms with E-state index in [1.807, 2.05) is 60.7 Å². The first-order chi connectivity index (χ1) is 9.62. The van der Waals surface area contributed by atoms with Crippen LogP contribution >= 0.6 is 7.82 Å². The average molecular weight is 292 g/mol. The lowest BCUT2D eigenvalue weighted by Gasteiger charge is -2.21. The number of benzene rings is 2. The third-order valence-electron chi connectivity index (χ3n) is 2.74. The highest BCUT2D eigenvalue weighted by Crippen LogP contribution is 2.49. The Morgan fingerprint density at radius 2 is 1.45 bits per heavy atom. The van der Waals surface area contributed by atoms with Crippen LogP contribution in [0.15, 0.2) is 60.7 Å². The van der Waals surface area contributed by atoms with Gasteiger partial charge in [-0.2, -0.15) is 0 Å². The maximum absolute atomic E-state index is 11.9. The lowest BCUT2D eigenvalue weighted by Crippen LogP contribution is -2.06. The highest BCUT2D eigenvalue weighted by molar-refractivity contribution is 7.47. The fraction of sp³-hybridized carbons (Fsp3) is 0.200. The van der Waals surface area contributed by atoms with Crippen LogP contribution in [-0.4, -0.2) is 11.5 Å². The van der Waals surface area contributed by atoms with Gasteiger partial charge in [0.2, 0.25) is 0 Å². The van der Waals surface area contributed by atoms with Crippen molar-refractivity contribution in [2.45, 2.75) is 13.0 Å². The Kier molecular flexibility index (Phi) is 5.10. The van der Waals surface area contributed by atoms with Crippen LogP contribution in [0.3, 0.4) is 0 Å². The number of phosphoric ester groups is 1. The first kappa shape index (κ1) is 14.9. The fourth-order valence-corrected chi connectivity index (χ4v) is 2.79. The lowest BCUT2D eigenvalue weighted by atomic mass is 10.0. The van der Waals surface area contributed by atoms with Crippen molar-refractivity contribution >= 4 is 7.82 Å². The minimum atomic E-state index is -4.08. The van der Waals surface area contributed by atoms with E-state index in [0.717, 1.165) is 11.1 Å². The van der Waals surface area contributed by atoms with Crippen molar-refractivity contribution in [3.05, 3.63) is 71.8 Å². The van der Waals surface area contributed by atoms with Gasteiger partial charge in [-0.3, -0.25) is 9.05 Å². The second kappa shape index (κ2) is 6.82. The van der Waals surface area contributed by atoms with E-state index in [1.54, 1.807) is 6.92 Å². The number of rotatable bonds is 6. The minimum absolute atomic E-state index is 0.115. The number of hydrogen-bond acceptors (Lipinski definition) is 3. The van der Waals surface area contributed by atoms with Gasteiger partial charge < -0.3 is 4.89 Å². The molecule has 1 N–H and O–H groups in total. The summed E-state index contributed by atoms with van der Waals surface area (Å²) in [6.07, 6.45) is -0.639. The first-order valence-electron chi connectivity index (χ1n) is 6.38. The molecule has 0 amide bonds. The molecule has 0 bridgehead atoms. The van der Waals surface area contributed by atoms with Gasteiger partial charge in [-0.25, -0.2) is 4.57 Å². The number of hydrogen-bond donors (Lipinski definition) is 1. The summed E-state index contributed by atoms with van der Waals surface area (Å²) < 4.78 is 22.0. The summed E-state index contributed by atoms with van der Waals surface area (Å²) in [7, 11) is -4.08. The van der Waals surface area contributed by atoms with E-state index in [-0.39, 0.29) is 6.61 Å². The van der Waals surface area contributed by atoms with Gasteiger partial charge >= 0.3 is 7.82 Å². The Morgan fingerprint density at radius 3 is 1.85 bits per heavy atom. The van der Waals surface area contributed by atoms with Gasteiger partial charge in [0.25, 0.3) is 0 Å². The summed E-state index contributed by atoms with van der Waals surface area (Å²) in [4.78, 5) is 9.72. The van der Waals surface area contributed by atoms with E-state index in [4.69, 9.17) is 9.05 Å². The van der Waals surface area contributed by atoms with E-state index >= 15 is 0 Å².